The number of Topliss-reactive ketones (excluding diaryl/α,β-unsaturated/α-hetero) is 1. The van der Waals surface area contributed by atoms with Crippen LogP contribution >= 0.6 is 0 Å². The SMILES string of the molecule is CCc1ccc(C)cc1.Cc1ccc2[nH]c(=O)c(CCC(=O)c3ccco3)cc2c1. The lowest BCUT2D eigenvalue weighted by atomic mass is 10.0. The van der Waals surface area contributed by atoms with Gasteiger partial charge in [-0.05, 0) is 68.0 Å². The molecular weight excluding hydrogens is 374 g/mol. The first kappa shape index (κ1) is 21.3. The smallest absolute Gasteiger partial charge is 0.251 e. The lowest BCUT2D eigenvalue weighted by Crippen LogP contribution is -2.13. The molecule has 0 saturated heterocycles. The zero-order valence-electron chi connectivity index (χ0n) is 17.7. The fourth-order valence-electron chi connectivity index (χ4n) is 3.19. The highest BCUT2D eigenvalue weighted by atomic mass is 16.3. The summed E-state index contributed by atoms with van der Waals surface area (Å²) in [4.78, 5) is 26.8. The van der Waals surface area contributed by atoms with Crippen LogP contribution in [0.15, 0.2) is 76.1 Å². The molecule has 154 valence electrons. The molecule has 4 aromatic rings. The van der Waals surface area contributed by atoms with Gasteiger partial charge in [-0.25, -0.2) is 0 Å². The number of aromatic amines is 1. The molecule has 0 spiro atoms. The number of ketones is 1. The number of aromatic nitrogens is 1. The third kappa shape index (κ3) is 5.57. The van der Waals surface area contributed by atoms with E-state index in [0.29, 0.717) is 17.7 Å². The maximum absolute atomic E-state index is 12.0. The molecule has 0 bridgehead atoms. The molecule has 0 radical (unpaired) electrons. The molecule has 0 atom stereocenters. The van der Waals surface area contributed by atoms with Gasteiger partial charge in [0.15, 0.2) is 11.5 Å². The van der Waals surface area contributed by atoms with Gasteiger partial charge in [0.05, 0.1) is 6.26 Å². The Morgan fingerprint density at radius 2 is 1.70 bits per heavy atom. The van der Waals surface area contributed by atoms with Crippen LogP contribution in [0.3, 0.4) is 0 Å². The zero-order valence-corrected chi connectivity index (χ0v) is 17.7. The van der Waals surface area contributed by atoms with Crippen LogP contribution in [0.2, 0.25) is 0 Å². The van der Waals surface area contributed by atoms with Crippen LogP contribution in [-0.4, -0.2) is 10.8 Å². The van der Waals surface area contributed by atoms with E-state index in [0.717, 1.165) is 22.9 Å². The molecule has 2 heterocycles. The molecule has 4 nitrogen and oxygen atoms in total. The molecule has 4 heteroatoms. The van der Waals surface area contributed by atoms with Crippen molar-refractivity contribution in [3.05, 3.63) is 105 Å². The summed E-state index contributed by atoms with van der Waals surface area (Å²) in [6.07, 6.45) is 3.27. The summed E-state index contributed by atoms with van der Waals surface area (Å²) < 4.78 is 5.06. The molecule has 0 aliphatic heterocycles. The quantitative estimate of drug-likeness (QED) is 0.430. The largest absolute Gasteiger partial charge is 0.461 e. The van der Waals surface area contributed by atoms with E-state index >= 15 is 0 Å². The third-order valence-corrected chi connectivity index (χ3v) is 5.02. The van der Waals surface area contributed by atoms with Gasteiger partial charge in [0.1, 0.15) is 0 Å². The van der Waals surface area contributed by atoms with E-state index in [1.807, 2.05) is 31.2 Å². The molecule has 0 saturated carbocycles. The van der Waals surface area contributed by atoms with E-state index in [1.54, 1.807) is 12.1 Å². The Hall–Kier alpha value is -3.40. The Bertz CT molecular complexity index is 1170. The van der Waals surface area contributed by atoms with Crippen LogP contribution in [0.1, 0.15) is 46.2 Å². The van der Waals surface area contributed by atoms with Crippen molar-refractivity contribution < 1.29 is 9.21 Å². The van der Waals surface area contributed by atoms with E-state index in [9.17, 15) is 9.59 Å². The number of H-pyrrole nitrogens is 1. The first-order valence-corrected chi connectivity index (χ1v) is 10.2. The molecule has 0 amide bonds. The second-order valence-corrected chi connectivity index (χ2v) is 7.45. The average molecular weight is 402 g/mol. The predicted molar refractivity (Wildman–Crippen MR) is 121 cm³/mol. The van der Waals surface area contributed by atoms with Crippen LogP contribution in [0, 0.1) is 13.8 Å². The number of hydrogen-bond acceptors (Lipinski definition) is 3. The number of carbonyl (C=O) groups excluding carboxylic acids is 1. The highest BCUT2D eigenvalue weighted by Crippen LogP contribution is 2.14. The number of carbonyl (C=O) groups is 1. The Morgan fingerprint density at radius 1 is 0.967 bits per heavy atom. The lowest BCUT2D eigenvalue weighted by Gasteiger charge is -2.04. The summed E-state index contributed by atoms with van der Waals surface area (Å²) in [7, 11) is 0. The van der Waals surface area contributed by atoms with Gasteiger partial charge in [-0.15, -0.1) is 0 Å². The summed E-state index contributed by atoms with van der Waals surface area (Å²) in [5, 5.41) is 0.982. The van der Waals surface area contributed by atoms with E-state index < -0.39 is 0 Å². The summed E-state index contributed by atoms with van der Waals surface area (Å²) >= 11 is 0. The van der Waals surface area contributed by atoms with Gasteiger partial charge < -0.3 is 9.40 Å². The highest BCUT2D eigenvalue weighted by molar-refractivity contribution is 5.93. The van der Waals surface area contributed by atoms with E-state index in [1.165, 1.54) is 17.4 Å². The molecule has 0 aliphatic rings. The van der Waals surface area contributed by atoms with Crippen molar-refractivity contribution in [2.75, 3.05) is 0 Å². The van der Waals surface area contributed by atoms with E-state index in [2.05, 4.69) is 43.1 Å². The minimum atomic E-state index is -0.140. The van der Waals surface area contributed by atoms with Crippen molar-refractivity contribution in [2.24, 2.45) is 0 Å². The summed E-state index contributed by atoms with van der Waals surface area (Å²) in [6, 6.07) is 19.7. The fraction of sp³-hybridized carbons (Fsp3) is 0.231. The molecule has 4 rings (SSSR count). The topological polar surface area (TPSA) is 63.1 Å². The molecule has 2 aromatic heterocycles. The average Bonchev–Trinajstić information content (AvgIpc) is 3.28. The molecular formula is C26H27NO3. The molecule has 0 aliphatic carbocycles. The van der Waals surface area contributed by atoms with Crippen LogP contribution < -0.4 is 5.56 Å². The number of benzene rings is 2. The number of hydrogen-bond donors (Lipinski definition) is 1. The summed E-state index contributed by atoms with van der Waals surface area (Å²) in [5.41, 5.74) is 5.18. The molecule has 2 aromatic carbocycles. The summed E-state index contributed by atoms with van der Waals surface area (Å²) in [6.45, 7) is 6.29. The van der Waals surface area contributed by atoms with Gasteiger partial charge in [0.2, 0.25) is 0 Å². The van der Waals surface area contributed by atoms with Crippen LogP contribution in [0.25, 0.3) is 10.9 Å². The van der Waals surface area contributed by atoms with E-state index in [-0.39, 0.29) is 17.8 Å². The van der Waals surface area contributed by atoms with Gasteiger partial charge in [0, 0.05) is 17.5 Å². The van der Waals surface area contributed by atoms with Crippen molar-refractivity contribution in [3.8, 4) is 0 Å². The Morgan fingerprint density at radius 3 is 2.37 bits per heavy atom. The number of rotatable bonds is 5. The number of pyridine rings is 1. The van der Waals surface area contributed by atoms with Crippen LogP contribution in [0.5, 0.6) is 0 Å². The van der Waals surface area contributed by atoms with Gasteiger partial charge in [-0.2, -0.15) is 0 Å². The number of nitrogens with one attached hydrogen (secondary N) is 1. The standard InChI is InChI=1S/C17H15NO3.C9H12/c1-11-4-6-14-13(9-11)10-12(17(20)18-14)5-7-15(19)16-3-2-8-21-16;1-3-9-6-4-8(2)5-7-9/h2-4,6,8-10H,5,7H2,1H3,(H,18,20);4-7H,3H2,1-2H3. The van der Waals surface area contributed by atoms with Crippen molar-refractivity contribution >= 4 is 16.7 Å². The summed E-state index contributed by atoms with van der Waals surface area (Å²) in [5.74, 6) is 0.242. The zero-order chi connectivity index (χ0) is 21.5. The van der Waals surface area contributed by atoms with Crippen molar-refractivity contribution in [1.82, 2.24) is 4.98 Å². The second kappa shape index (κ2) is 9.88. The van der Waals surface area contributed by atoms with Gasteiger partial charge in [0.25, 0.3) is 5.56 Å². The Balaban J connectivity index is 0.000000239. The van der Waals surface area contributed by atoms with Gasteiger partial charge >= 0.3 is 0 Å². The monoisotopic (exact) mass is 401 g/mol. The number of fused-ring (bicyclic) bond motifs is 1. The maximum atomic E-state index is 12.0. The van der Waals surface area contributed by atoms with Gasteiger partial charge in [-0.3, -0.25) is 9.59 Å². The van der Waals surface area contributed by atoms with Crippen LogP contribution in [0.4, 0.5) is 0 Å². The Kier molecular flexibility index (Phi) is 7.02. The number of furan rings is 1. The molecule has 0 unspecified atom stereocenters. The third-order valence-electron chi connectivity index (χ3n) is 5.02. The molecule has 0 fully saturated rings. The van der Waals surface area contributed by atoms with Crippen molar-refractivity contribution in [3.63, 3.8) is 0 Å². The van der Waals surface area contributed by atoms with Gasteiger partial charge in [-0.1, -0.05) is 48.4 Å². The minimum Gasteiger partial charge on any atom is -0.461 e. The second-order valence-electron chi connectivity index (χ2n) is 7.45. The van der Waals surface area contributed by atoms with Crippen molar-refractivity contribution in [2.45, 2.75) is 40.0 Å². The Labute approximate surface area is 176 Å². The fourth-order valence-corrected chi connectivity index (χ4v) is 3.19. The molecule has 1 N–H and O–H groups in total. The van der Waals surface area contributed by atoms with Crippen molar-refractivity contribution in [1.29, 1.82) is 0 Å². The highest BCUT2D eigenvalue weighted by Gasteiger charge is 2.11. The van der Waals surface area contributed by atoms with E-state index in [4.69, 9.17) is 4.42 Å². The molecule has 30 heavy (non-hydrogen) atoms. The number of aryl methyl sites for hydroxylation is 4. The lowest BCUT2D eigenvalue weighted by molar-refractivity contribution is 0.0956. The normalized spacial score (nSPS) is 10.5. The predicted octanol–water partition coefficient (Wildman–Crippen LogP) is 5.80. The first-order valence-electron chi connectivity index (χ1n) is 10.2. The first-order chi connectivity index (χ1) is 14.5. The maximum Gasteiger partial charge on any atom is 0.251 e. The van der Waals surface area contributed by atoms with Crippen LogP contribution in [-0.2, 0) is 12.8 Å². The minimum absolute atomic E-state index is 0.0938.